The fourth-order valence-electron chi connectivity index (χ4n) is 3.54. The predicted molar refractivity (Wildman–Crippen MR) is 109 cm³/mol. The lowest BCUT2D eigenvalue weighted by Crippen LogP contribution is -2.13. The molecule has 7 nitrogen and oxygen atoms in total. The first-order chi connectivity index (χ1) is 14.6. The van der Waals surface area contributed by atoms with Crippen LogP contribution in [0.25, 0.3) is 11.4 Å². The molecule has 2 heterocycles. The molecule has 1 aliphatic heterocycles. The third-order valence-electron chi connectivity index (χ3n) is 5.14. The topological polar surface area (TPSA) is 86.1 Å². The average Bonchev–Trinajstić information content (AvgIpc) is 3.02. The Hall–Kier alpha value is -3.55. The second-order valence-electron chi connectivity index (χ2n) is 7.12. The van der Waals surface area contributed by atoms with Gasteiger partial charge in [-0.15, -0.1) is 10.2 Å². The molecule has 154 valence electrons. The fourth-order valence-corrected chi connectivity index (χ4v) is 3.54. The zero-order valence-corrected chi connectivity index (χ0v) is 16.5. The number of carbonyl (C=O) groups excluding carboxylic acids is 2. The Morgan fingerprint density at radius 1 is 1.03 bits per heavy atom. The summed E-state index contributed by atoms with van der Waals surface area (Å²) in [4.78, 5) is 24.1. The highest BCUT2D eigenvalue weighted by molar-refractivity contribution is 6.05. The molecule has 0 fully saturated rings. The lowest BCUT2D eigenvalue weighted by Gasteiger charge is -2.11. The van der Waals surface area contributed by atoms with Crippen LogP contribution in [0.15, 0.2) is 42.5 Å². The number of rotatable bonds is 4. The third kappa shape index (κ3) is 3.94. The number of hydrogen-bond donors (Lipinski definition) is 1. The molecule has 8 heteroatoms. The van der Waals surface area contributed by atoms with Gasteiger partial charge in [-0.25, -0.2) is 9.18 Å². The van der Waals surface area contributed by atoms with Gasteiger partial charge < -0.3 is 14.6 Å². The largest absolute Gasteiger partial charge is 0.465 e. The molecule has 1 amide bonds. The van der Waals surface area contributed by atoms with E-state index in [1.54, 1.807) is 6.07 Å². The number of aryl methyl sites for hydroxylation is 1. The van der Waals surface area contributed by atoms with Gasteiger partial charge in [-0.2, -0.15) is 0 Å². The van der Waals surface area contributed by atoms with Crippen LogP contribution in [0.5, 0.6) is 0 Å². The Labute approximate surface area is 172 Å². The van der Waals surface area contributed by atoms with Crippen LogP contribution < -0.4 is 5.32 Å². The molecule has 1 N–H and O–H groups in total. The number of ether oxygens (including phenoxy) is 1. The number of fused-ring (bicyclic) bond motifs is 1. The van der Waals surface area contributed by atoms with Gasteiger partial charge >= 0.3 is 5.97 Å². The van der Waals surface area contributed by atoms with Crippen LogP contribution in [0, 0.1) is 5.82 Å². The second kappa shape index (κ2) is 8.44. The zero-order chi connectivity index (χ0) is 21.1. The Morgan fingerprint density at radius 3 is 2.57 bits per heavy atom. The van der Waals surface area contributed by atoms with E-state index in [-0.39, 0.29) is 5.91 Å². The van der Waals surface area contributed by atoms with Crippen molar-refractivity contribution in [1.29, 1.82) is 0 Å². The fraction of sp³-hybridized carbons (Fsp3) is 0.273. The zero-order valence-electron chi connectivity index (χ0n) is 16.5. The monoisotopic (exact) mass is 408 g/mol. The van der Waals surface area contributed by atoms with Crippen LogP contribution in [0.1, 0.15) is 45.8 Å². The van der Waals surface area contributed by atoms with Gasteiger partial charge in [0.25, 0.3) is 5.91 Å². The van der Waals surface area contributed by atoms with Gasteiger partial charge in [0.1, 0.15) is 11.6 Å². The minimum absolute atomic E-state index is 0.300. The van der Waals surface area contributed by atoms with Crippen LogP contribution in [-0.2, 0) is 17.7 Å². The molecule has 0 saturated heterocycles. The van der Waals surface area contributed by atoms with Crippen LogP contribution in [0.2, 0.25) is 0 Å². The minimum Gasteiger partial charge on any atom is -0.465 e. The van der Waals surface area contributed by atoms with Crippen molar-refractivity contribution in [3.8, 4) is 11.4 Å². The Morgan fingerprint density at radius 2 is 1.80 bits per heavy atom. The van der Waals surface area contributed by atoms with Crippen LogP contribution in [0.4, 0.5) is 10.1 Å². The summed E-state index contributed by atoms with van der Waals surface area (Å²) in [6.07, 6.45) is 3.98. The number of halogens is 1. The molecule has 0 aliphatic carbocycles. The van der Waals surface area contributed by atoms with E-state index in [1.807, 2.05) is 4.57 Å². The van der Waals surface area contributed by atoms with E-state index < -0.39 is 11.8 Å². The maximum atomic E-state index is 14.6. The molecule has 0 spiro atoms. The number of aromatic nitrogens is 3. The number of carbonyl (C=O) groups is 2. The Bertz CT molecular complexity index is 1090. The molecule has 2 aromatic carbocycles. The number of benzene rings is 2. The predicted octanol–water partition coefficient (Wildman–Crippen LogP) is 3.85. The van der Waals surface area contributed by atoms with Gasteiger partial charge in [0.05, 0.1) is 18.2 Å². The van der Waals surface area contributed by atoms with E-state index >= 15 is 0 Å². The van der Waals surface area contributed by atoms with E-state index in [0.29, 0.717) is 28.2 Å². The number of anilines is 1. The summed E-state index contributed by atoms with van der Waals surface area (Å²) in [6.45, 7) is 0.750. The first-order valence-corrected chi connectivity index (χ1v) is 9.78. The molecule has 0 unspecified atom stereocenters. The van der Waals surface area contributed by atoms with Gasteiger partial charge in [-0.3, -0.25) is 4.79 Å². The van der Waals surface area contributed by atoms with Crippen LogP contribution in [0.3, 0.4) is 0 Å². The summed E-state index contributed by atoms with van der Waals surface area (Å²) >= 11 is 0. The van der Waals surface area contributed by atoms with Crippen molar-refractivity contribution in [2.24, 2.45) is 0 Å². The van der Waals surface area contributed by atoms with Gasteiger partial charge in [0.2, 0.25) is 0 Å². The molecule has 3 aromatic rings. The van der Waals surface area contributed by atoms with Crippen molar-refractivity contribution in [3.63, 3.8) is 0 Å². The molecule has 1 aliphatic rings. The minimum atomic E-state index is -0.474. The Kier molecular flexibility index (Phi) is 5.56. The van der Waals surface area contributed by atoms with E-state index in [0.717, 1.165) is 38.1 Å². The summed E-state index contributed by atoms with van der Waals surface area (Å²) in [5, 5.41) is 11.2. The summed E-state index contributed by atoms with van der Waals surface area (Å²) in [5.74, 6) is 0.0708. The number of nitrogens with zero attached hydrogens (tertiary/aromatic N) is 3. The van der Waals surface area contributed by atoms with Crippen molar-refractivity contribution < 1.29 is 18.7 Å². The highest BCUT2D eigenvalue weighted by Gasteiger charge is 2.19. The molecule has 0 atom stereocenters. The van der Waals surface area contributed by atoms with Gasteiger partial charge in [0, 0.05) is 24.2 Å². The molecule has 1 aromatic heterocycles. The summed E-state index contributed by atoms with van der Waals surface area (Å²) < 4.78 is 21.2. The number of hydrogen-bond acceptors (Lipinski definition) is 5. The van der Waals surface area contributed by atoms with Crippen molar-refractivity contribution in [2.75, 3.05) is 12.4 Å². The summed E-state index contributed by atoms with van der Waals surface area (Å²) in [6, 6.07) is 10.5. The summed E-state index contributed by atoms with van der Waals surface area (Å²) in [7, 11) is 1.29. The molecule has 4 rings (SSSR count). The smallest absolute Gasteiger partial charge is 0.337 e. The second-order valence-corrected chi connectivity index (χ2v) is 7.12. The van der Waals surface area contributed by atoms with Crippen molar-refractivity contribution in [2.45, 2.75) is 32.2 Å². The number of esters is 1. The number of methoxy groups -OCH3 is 1. The quantitative estimate of drug-likeness (QED) is 0.663. The third-order valence-corrected chi connectivity index (χ3v) is 5.14. The lowest BCUT2D eigenvalue weighted by molar-refractivity contribution is 0.0600. The first-order valence-electron chi connectivity index (χ1n) is 9.78. The van der Waals surface area contributed by atoms with Crippen LogP contribution >= 0.6 is 0 Å². The molecule has 0 bridgehead atoms. The van der Waals surface area contributed by atoms with Gasteiger partial charge in [0.15, 0.2) is 5.82 Å². The molecular formula is C22H21FN4O3. The highest BCUT2D eigenvalue weighted by Crippen LogP contribution is 2.27. The van der Waals surface area contributed by atoms with Crippen molar-refractivity contribution >= 4 is 17.6 Å². The van der Waals surface area contributed by atoms with Crippen molar-refractivity contribution in [1.82, 2.24) is 14.8 Å². The van der Waals surface area contributed by atoms with Gasteiger partial charge in [-0.05, 0) is 55.3 Å². The molecule has 0 saturated carbocycles. The Balaban J connectivity index is 1.57. The average molecular weight is 408 g/mol. The molecular weight excluding hydrogens is 387 g/mol. The standard InChI is InChI=1S/C22H21FN4O3/c1-30-22(29)15-8-6-14(7-9-15)21(28)24-16-10-11-18(23)17(13-16)20-26-25-19-5-3-2-4-12-27(19)20/h6-11,13H,2-5,12H2,1H3,(H,24,28). The van der Waals surface area contributed by atoms with E-state index in [9.17, 15) is 14.0 Å². The maximum Gasteiger partial charge on any atom is 0.337 e. The van der Waals surface area contributed by atoms with Gasteiger partial charge in [-0.1, -0.05) is 6.42 Å². The van der Waals surface area contributed by atoms with E-state index in [1.165, 1.54) is 43.5 Å². The van der Waals surface area contributed by atoms with Crippen LogP contribution in [-0.4, -0.2) is 33.8 Å². The molecule has 0 radical (unpaired) electrons. The maximum absolute atomic E-state index is 14.6. The first kappa shape index (κ1) is 19.8. The molecule has 30 heavy (non-hydrogen) atoms. The SMILES string of the molecule is COC(=O)c1ccc(C(=O)Nc2ccc(F)c(-c3nnc4n3CCCCC4)c2)cc1. The number of amides is 1. The van der Waals surface area contributed by atoms with E-state index in [4.69, 9.17) is 0 Å². The normalized spacial score (nSPS) is 13.3. The highest BCUT2D eigenvalue weighted by atomic mass is 19.1. The van der Waals surface area contributed by atoms with Crippen molar-refractivity contribution in [3.05, 3.63) is 65.2 Å². The summed E-state index contributed by atoms with van der Waals surface area (Å²) in [5.41, 5.74) is 1.46. The lowest BCUT2D eigenvalue weighted by atomic mass is 10.1. The number of nitrogens with one attached hydrogen (secondary N) is 1. The van der Waals surface area contributed by atoms with E-state index in [2.05, 4.69) is 20.3 Å².